The van der Waals surface area contributed by atoms with Crippen molar-refractivity contribution in [2.24, 2.45) is 5.73 Å². The summed E-state index contributed by atoms with van der Waals surface area (Å²) in [7, 11) is 0. The highest BCUT2D eigenvalue weighted by Gasteiger charge is 1.98. The van der Waals surface area contributed by atoms with Crippen LogP contribution in [0, 0.1) is 0 Å². The van der Waals surface area contributed by atoms with E-state index in [0.717, 1.165) is 26.9 Å². The Morgan fingerprint density at radius 1 is 1.04 bits per heavy atom. The predicted molar refractivity (Wildman–Crippen MR) is 106 cm³/mol. The number of nitrogens with two attached hydrogens (primary N) is 1. The highest BCUT2D eigenvalue weighted by molar-refractivity contribution is 8.00. The molecule has 7 heteroatoms. The molecule has 0 saturated heterocycles. The van der Waals surface area contributed by atoms with Gasteiger partial charge in [-0.3, -0.25) is 0 Å². The highest BCUT2D eigenvalue weighted by Crippen LogP contribution is 2.24. The number of nitrogens with one attached hydrogen (secondary N) is 2. The van der Waals surface area contributed by atoms with Gasteiger partial charge in [-0.25, -0.2) is 4.98 Å². The van der Waals surface area contributed by atoms with Crippen LogP contribution >= 0.6 is 35.5 Å². The van der Waals surface area contributed by atoms with E-state index < -0.39 is 0 Å². The molecular formula is C16H16N4S3. The van der Waals surface area contributed by atoms with Crippen LogP contribution in [0.4, 0.5) is 16.5 Å². The van der Waals surface area contributed by atoms with Crippen molar-refractivity contribution in [3.05, 3.63) is 66.2 Å². The fourth-order valence-electron chi connectivity index (χ4n) is 1.67. The summed E-state index contributed by atoms with van der Waals surface area (Å²) in [6.45, 7) is 0. The fraction of sp³-hybridized carbons (Fsp3) is 0. The summed E-state index contributed by atoms with van der Waals surface area (Å²) in [6.07, 6.45) is 1.79. The molecule has 0 bridgehead atoms. The van der Waals surface area contributed by atoms with Crippen LogP contribution in [0.15, 0.2) is 71.1 Å². The molecule has 4 nitrogen and oxygen atoms in total. The van der Waals surface area contributed by atoms with E-state index in [9.17, 15) is 0 Å². The second kappa shape index (κ2) is 9.83. The third-order valence-electron chi connectivity index (χ3n) is 2.61. The fourth-order valence-corrected chi connectivity index (χ4v) is 2.89. The van der Waals surface area contributed by atoms with Crippen LogP contribution in [0.3, 0.4) is 0 Å². The van der Waals surface area contributed by atoms with Gasteiger partial charge in [0.05, 0.1) is 5.49 Å². The number of rotatable bonds is 5. The van der Waals surface area contributed by atoms with Gasteiger partial charge < -0.3 is 15.8 Å². The Morgan fingerprint density at radius 3 is 2.30 bits per heavy atom. The molecule has 3 rings (SSSR count). The molecule has 23 heavy (non-hydrogen) atoms. The summed E-state index contributed by atoms with van der Waals surface area (Å²) >= 11 is 7.20. The lowest BCUT2D eigenvalue weighted by atomic mass is 10.3. The molecule has 0 atom stereocenters. The largest absolute Gasteiger partial charge is 0.396 e. The van der Waals surface area contributed by atoms with Gasteiger partial charge in [-0.1, -0.05) is 30.4 Å². The number of anilines is 3. The van der Waals surface area contributed by atoms with Gasteiger partial charge in [0.2, 0.25) is 0 Å². The van der Waals surface area contributed by atoms with Gasteiger partial charge in [0, 0.05) is 27.8 Å². The van der Waals surface area contributed by atoms with Crippen molar-refractivity contribution in [1.29, 1.82) is 0 Å². The lowest BCUT2D eigenvalue weighted by Gasteiger charge is -2.07. The van der Waals surface area contributed by atoms with Crippen molar-refractivity contribution in [1.82, 2.24) is 4.98 Å². The SMILES string of the molecule is NC=S.c1ccc(Nc2ccc(SNc3nccs3)cc2)cc1. The van der Waals surface area contributed by atoms with Crippen LogP contribution in [0.2, 0.25) is 0 Å². The van der Waals surface area contributed by atoms with E-state index in [2.05, 4.69) is 57.2 Å². The van der Waals surface area contributed by atoms with E-state index in [4.69, 9.17) is 0 Å². The number of nitrogens with zero attached hydrogens (tertiary/aromatic N) is 1. The first-order valence-corrected chi connectivity index (χ1v) is 8.88. The van der Waals surface area contributed by atoms with Crippen molar-refractivity contribution in [2.75, 3.05) is 10.0 Å². The zero-order chi connectivity index (χ0) is 16.3. The van der Waals surface area contributed by atoms with Crippen LogP contribution in [-0.4, -0.2) is 10.5 Å². The van der Waals surface area contributed by atoms with E-state index in [1.807, 2.05) is 35.7 Å². The summed E-state index contributed by atoms with van der Waals surface area (Å²) in [5.74, 6) is 0. The zero-order valence-electron chi connectivity index (χ0n) is 12.2. The summed E-state index contributed by atoms with van der Waals surface area (Å²) < 4.78 is 3.21. The molecule has 118 valence electrons. The summed E-state index contributed by atoms with van der Waals surface area (Å²) in [5.41, 5.74) is 7.79. The number of aromatic nitrogens is 1. The second-order valence-corrected chi connectivity index (χ2v) is 6.24. The molecule has 4 N–H and O–H groups in total. The monoisotopic (exact) mass is 360 g/mol. The van der Waals surface area contributed by atoms with Gasteiger partial charge in [0.25, 0.3) is 0 Å². The van der Waals surface area contributed by atoms with Crippen molar-refractivity contribution in [3.63, 3.8) is 0 Å². The second-order valence-electron chi connectivity index (χ2n) is 4.19. The van der Waals surface area contributed by atoms with E-state index in [-0.39, 0.29) is 0 Å². The highest BCUT2D eigenvalue weighted by atomic mass is 32.2. The molecule has 1 heterocycles. The zero-order valence-corrected chi connectivity index (χ0v) is 14.6. The van der Waals surface area contributed by atoms with E-state index in [0.29, 0.717) is 0 Å². The normalized spacial score (nSPS) is 9.39. The lowest BCUT2D eigenvalue weighted by molar-refractivity contribution is 1.41. The van der Waals surface area contributed by atoms with Gasteiger partial charge in [0.1, 0.15) is 0 Å². The first kappa shape index (κ1) is 17.3. The van der Waals surface area contributed by atoms with E-state index >= 15 is 0 Å². The standard InChI is InChI=1S/C15H13N3S2.CH3NS/c1-2-4-12(5-3-1)17-13-6-8-14(9-7-13)20-18-15-16-10-11-19-15;2-1-3/h1-11,17H,(H,16,18);1H,(H2,2,3). The summed E-state index contributed by atoms with van der Waals surface area (Å²) in [6, 6.07) is 18.4. The molecule has 1 aromatic heterocycles. The lowest BCUT2D eigenvalue weighted by Crippen LogP contribution is -1.90. The van der Waals surface area contributed by atoms with E-state index in [1.54, 1.807) is 29.5 Å². The van der Waals surface area contributed by atoms with Crippen LogP contribution in [0.25, 0.3) is 0 Å². The summed E-state index contributed by atoms with van der Waals surface area (Å²) in [5, 5.41) is 6.23. The maximum atomic E-state index is 4.54. The van der Waals surface area contributed by atoms with Crippen molar-refractivity contribution in [2.45, 2.75) is 4.90 Å². The maximum absolute atomic E-state index is 4.54. The Balaban J connectivity index is 0.000000595. The Bertz CT molecular complexity index is 685. The van der Waals surface area contributed by atoms with E-state index in [1.165, 1.54) is 0 Å². The minimum absolute atomic E-state index is 0.918. The third kappa shape index (κ3) is 6.27. The molecule has 0 aliphatic carbocycles. The van der Waals surface area contributed by atoms with Gasteiger partial charge in [0.15, 0.2) is 5.13 Å². The van der Waals surface area contributed by atoms with Crippen LogP contribution < -0.4 is 15.8 Å². The van der Waals surface area contributed by atoms with Crippen LogP contribution in [0.5, 0.6) is 0 Å². The first-order chi connectivity index (χ1) is 11.3. The molecular weight excluding hydrogens is 344 g/mol. The van der Waals surface area contributed by atoms with Crippen molar-refractivity contribution >= 4 is 57.5 Å². The molecule has 0 fully saturated rings. The molecule has 0 aliphatic rings. The molecule has 3 aromatic rings. The Labute approximate surface area is 149 Å². The number of hydrogen-bond donors (Lipinski definition) is 3. The maximum Gasteiger partial charge on any atom is 0.192 e. The number of para-hydroxylation sites is 1. The average Bonchev–Trinajstić information content (AvgIpc) is 3.09. The Morgan fingerprint density at radius 2 is 1.70 bits per heavy atom. The minimum atomic E-state index is 0.918. The summed E-state index contributed by atoms with van der Waals surface area (Å²) in [4.78, 5) is 5.33. The molecule has 0 radical (unpaired) electrons. The first-order valence-electron chi connectivity index (χ1n) is 6.71. The van der Waals surface area contributed by atoms with Crippen LogP contribution in [-0.2, 0) is 0 Å². The molecule has 2 aromatic carbocycles. The topological polar surface area (TPSA) is 63.0 Å². The minimum Gasteiger partial charge on any atom is -0.396 e. The van der Waals surface area contributed by atoms with Crippen molar-refractivity contribution < 1.29 is 0 Å². The number of benzene rings is 2. The average molecular weight is 361 g/mol. The number of thiazole rings is 1. The molecule has 0 aliphatic heterocycles. The third-order valence-corrected chi connectivity index (χ3v) is 4.23. The van der Waals surface area contributed by atoms with Gasteiger partial charge in [-0.2, -0.15) is 0 Å². The predicted octanol–water partition coefficient (Wildman–Crippen LogP) is 4.91. The molecule has 0 unspecified atom stereocenters. The molecule has 0 saturated carbocycles. The number of thiocarbonyl (C=S) groups is 1. The van der Waals surface area contributed by atoms with Gasteiger partial charge in [-0.05, 0) is 48.3 Å². The quantitative estimate of drug-likeness (QED) is 0.444. The number of hydrogen-bond acceptors (Lipinski definition) is 6. The molecule has 0 spiro atoms. The smallest absolute Gasteiger partial charge is 0.192 e. The Kier molecular flexibility index (Phi) is 7.38. The van der Waals surface area contributed by atoms with Gasteiger partial charge in [-0.15, -0.1) is 11.3 Å². The Hall–Kier alpha value is -2.09. The molecule has 0 amide bonds. The van der Waals surface area contributed by atoms with Crippen LogP contribution in [0.1, 0.15) is 0 Å². The van der Waals surface area contributed by atoms with Gasteiger partial charge >= 0.3 is 0 Å². The van der Waals surface area contributed by atoms with Crippen molar-refractivity contribution in [3.8, 4) is 0 Å².